The monoisotopic (exact) mass is 308 g/mol. The van der Waals surface area contributed by atoms with Crippen LogP contribution in [0, 0.1) is 5.21 Å². The summed E-state index contributed by atoms with van der Waals surface area (Å²) in [6.07, 6.45) is -3.12. The number of halogens is 3. The van der Waals surface area contributed by atoms with E-state index in [4.69, 9.17) is 0 Å². The van der Waals surface area contributed by atoms with Gasteiger partial charge in [0.15, 0.2) is 5.78 Å². The van der Waals surface area contributed by atoms with Gasteiger partial charge in [0.2, 0.25) is 5.69 Å². The van der Waals surface area contributed by atoms with Gasteiger partial charge in [-0.25, -0.2) is 0 Å². The van der Waals surface area contributed by atoms with Crippen molar-refractivity contribution in [2.75, 3.05) is 0 Å². The largest absolute Gasteiger partial charge is 0.594 e. The molecule has 0 N–H and O–H groups in total. The molecule has 0 unspecified atom stereocenters. The fourth-order valence-corrected chi connectivity index (χ4v) is 2.53. The molecule has 7 heteroatoms. The van der Waals surface area contributed by atoms with Crippen molar-refractivity contribution in [1.82, 2.24) is 5.10 Å². The molecule has 0 amide bonds. The minimum Gasteiger partial charge on any atom is -0.594 e. The van der Waals surface area contributed by atoms with E-state index in [0.29, 0.717) is 24.1 Å². The van der Waals surface area contributed by atoms with E-state index in [9.17, 15) is 23.2 Å². The summed E-state index contributed by atoms with van der Waals surface area (Å²) >= 11 is 0. The highest BCUT2D eigenvalue weighted by Crippen LogP contribution is 2.32. The van der Waals surface area contributed by atoms with Gasteiger partial charge in [-0.3, -0.25) is 4.79 Å². The second-order valence-electron chi connectivity index (χ2n) is 5.12. The van der Waals surface area contributed by atoms with Crippen molar-refractivity contribution in [1.29, 1.82) is 0 Å². The number of carbonyl (C=O) groups excluding carboxylic acids is 1. The minimum atomic E-state index is -4.48. The fourth-order valence-electron chi connectivity index (χ4n) is 2.53. The SMILES string of the molecule is O=C1CCCc2c1cc(-c1cccc(C(F)(F)F)c1)n[n+]2[O-]. The lowest BCUT2D eigenvalue weighted by atomic mass is 9.94. The molecule has 0 bridgehead atoms. The standard InChI is InChI=1S/C15H11F3N2O2/c16-15(17,18)10-4-1-3-9(7-10)12-8-11-13(20(22)19-12)5-2-6-14(11)21/h1,3-4,7-8H,2,5-6H2. The Kier molecular flexibility index (Phi) is 3.35. The summed E-state index contributed by atoms with van der Waals surface area (Å²) in [5, 5.41) is 15.7. The number of aromatic nitrogens is 2. The molecule has 4 nitrogen and oxygen atoms in total. The van der Waals surface area contributed by atoms with Gasteiger partial charge >= 0.3 is 6.18 Å². The third-order valence-corrected chi connectivity index (χ3v) is 3.62. The Labute approximate surface area is 123 Å². The van der Waals surface area contributed by atoms with Crippen LogP contribution in [0.1, 0.15) is 34.5 Å². The van der Waals surface area contributed by atoms with Crippen molar-refractivity contribution in [2.24, 2.45) is 0 Å². The average Bonchev–Trinajstić information content (AvgIpc) is 2.47. The second-order valence-corrected chi connectivity index (χ2v) is 5.12. The molecule has 22 heavy (non-hydrogen) atoms. The first-order valence-electron chi connectivity index (χ1n) is 6.71. The van der Waals surface area contributed by atoms with Gasteiger partial charge in [0, 0.05) is 23.5 Å². The molecule has 114 valence electrons. The van der Waals surface area contributed by atoms with Crippen LogP contribution in [-0.4, -0.2) is 10.9 Å². The summed E-state index contributed by atoms with van der Waals surface area (Å²) in [4.78, 5) is 12.2. The number of ketones is 1. The van der Waals surface area contributed by atoms with Gasteiger partial charge in [0.1, 0.15) is 5.69 Å². The number of nitrogens with zero attached hydrogens (tertiary/aromatic N) is 2. The van der Waals surface area contributed by atoms with Gasteiger partial charge in [-0.1, -0.05) is 17.0 Å². The van der Waals surface area contributed by atoms with Crippen LogP contribution in [0.3, 0.4) is 0 Å². The molecule has 1 heterocycles. The summed E-state index contributed by atoms with van der Waals surface area (Å²) in [6.45, 7) is 0. The molecule has 2 aromatic rings. The molecule has 1 aromatic carbocycles. The lowest BCUT2D eigenvalue weighted by Crippen LogP contribution is -2.40. The smallest absolute Gasteiger partial charge is 0.416 e. The number of alkyl halides is 3. The minimum absolute atomic E-state index is 0.0649. The molecule has 0 saturated carbocycles. The molecule has 0 radical (unpaired) electrons. The van der Waals surface area contributed by atoms with Crippen LogP contribution in [0.4, 0.5) is 13.2 Å². The summed E-state index contributed by atoms with van der Waals surface area (Å²) < 4.78 is 38.3. The number of rotatable bonds is 1. The highest BCUT2D eigenvalue weighted by Gasteiger charge is 2.31. The Hall–Kier alpha value is -2.44. The number of hydrogen-bond donors (Lipinski definition) is 0. The molecule has 3 rings (SSSR count). The molecule has 0 spiro atoms. The molecule has 1 aromatic heterocycles. The number of carbonyl (C=O) groups is 1. The van der Waals surface area contributed by atoms with Crippen molar-refractivity contribution in [3.05, 3.63) is 52.4 Å². The molecule has 1 aliphatic carbocycles. The maximum Gasteiger partial charge on any atom is 0.416 e. The second kappa shape index (κ2) is 5.08. The van der Waals surface area contributed by atoms with Crippen LogP contribution in [-0.2, 0) is 12.6 Å². The Bertz CT molecular complexity index is 757. The zero-order chi connectivity index (χ0) is 15.9. The van der Waals surface area contributed by atoms with E-state index in [1.165, 1.54) is 18.2 Å². The van der Waals surface area contributed by atoms with Crippen molar-refractivity contribution in [3.8, 4) is 11.3 Å². The maximum absolute atomic E-state index is 12.8. The van der Waals surface area contributed by atoms with Gasteiger partial charge in [-0.2, -0.15) is 13.2 Å². The molecule has 0 fully saturated rings. The lowest BCUT2D eigenvalue weighted by Gasteiger charge is -2.14. The zero-order valence-electron chi connectivity index (χ0n) is 11.4. The predicted octanol–water partition coefficient (Wildman–Crippen LogP) is 2.92. The van der Waals surface area contributed by atoms with E-state index in [1.54, 1.807) is 0 Å². The zero-order valence-corrected chi connectivity index (χ0v) is 11.4. The van der Waals surface area contributed by atoms with Crippen LogP contribution in [0.2, 0.25) is 0 Å². The Morgan fingerprint density at radius 1 is 1.18 bits per heavy atom. The van der Waals surface area contributed by atoms with Crippen LogP contribution in [0.15, 0.2) is 30.3 Å². The van der Waals surface area contributed by atoms with Crippen LogP contribution in [0.25, 0.3) is 11.3 Å². The topological polar surface area (TPSA) is 56.9 Å². The highest BCUT2D eigenvalue weighted by molar-refractivity contribution is 5.98. The molecule has 0 atom stereocenters. The first kappa shape index (κ1) is 14.5. The third-order valence-electron chi connectivity index (χ3n) is 3.62. The molecule has 0 aliphatic heterocycles. The number of benzene rings is 1. The van der Waals surface area contributed by atoms with Crippen molar-refractivity contribution in [3.63, 3.8) is 0 Å². The van der Waals surface area contributed by atoms with E-state index in [-0.39, 0.29) is 28.3 Å². The van der Waals surface area contributed by atoms with E-state index < -0.39 is 11.7 Å². The number of Topliss-reactive ketones (excluding diaryl/α,β-unsaturated/α-hetero) is 1. The van der Waals surface area contributed by atoms with Gasteiger partial charge < -0.3 is 5.21 Å². The van der Waals surface area contributed by atoms with E-state index in [2.05, 4.69) is 5.10 Å². The van der Waals surface area contributed by atoms with Crippen molar-refractivity contribution in [2.45, 2.75) is 25.4 Å². The summed E-state index contributed by atoms with van der Waals surface area (Å²) in [7, 11) is 0. The molecule has 1 aliphatic rings. The molecular weight excluding hydrogens is 297 g/mol. The van der Waals surface area contributed by atoms with Crippen LogP contribution in [0.5, 0.6) is 0 Å². The van der Waals surface area contributed by atoms with Gasteiger partial charge in [0.25, 0.3) is 0 Å². The summed E-state index contributed by atoms with van der Waals surface area (Å²) in [5.41, 5.74) is -0.0698. The number of hydrogen-bond acceptors (Lipinski definition) is 3. The third kappa shape index (κ3) is 2.54. The Balaban J connectivity index is 2.12. The first-order chi connectivity index (χ1) is 10.4. The van der Waals surface area contributed by atoms with Crippen LogP contribution < -0.4 is 4.85 Å². The van der Waals surface area contributed by atoms with E-state index in [0.717, 1.165) is 12.1 Å². The fraction of sp³-hybridized carbons (Fsp3) is 0.267. The Morgan fingerprint density at radius 3 is 2.68 bits per heavy atom. The highest BCUT2D eigenvalue weighted by atomic mass is 19.4. The van der Waals surface area contributed by atoms with Gasteiger partial charge in [0.05, 0.1) is 11.1 Å². The van der Waals surface area contributed by atoms with E-state index in [1.807, 2.05) is 0 Å². The average molecular weight is 308 g/mol. The lowest BCUT2D eigenvalue weighted by molar-refractivity contribution is -0.676. The normalized spacial score (nSPS) is 14.8. The molecular formula is C15H11F3N2O2. The van der Waals surface area contributed by atoms with E-state index >= 15 is 0 Å². The van der Waals surface area contributed by atoms with Crippen molar-refractivity contribution >= 4 is 5.78 Å². The van der Waals surface area contributed by atoms with Crippen LogP contribution >= 0.6 is 0 Å². The number of fused-ring (bicyclic) bond motifs is 1. The van der Waals surface area contributed by atoms with Gasteiger partial charge in [-0.05, 0) is 24.6 Å². The molecule has 0 saturated heterocycles. The quantitative estimate of drug-likeness (QED) is 0.601. The summed E-state index contributed by atoms with van der Waals surface area (Å²) in [6, 6.07) is 5.94. The van der Waals surface area contributed by atoms with Gasteiger partial charge in [-0.15, -0.1) is 0 Å². The Morgan fingerprint density at radius 2 is 1.95 bits per heavy atom. The van der Waals surface area contributed by atoms with Crippen molar-refractivity contribution < 1.29 is 22.8 Å². The maximum atomic E-state index is 12.8. The predicted molar refractivity (Wildman–Crippen MR) is 70.9 cm³/mol. The first-order valence-corrected chi connectivity index (χ1v) is 6.71. The summed E-state index contributed by atoms with van der Waals surface area (Å²) in [5.74, 6) is -0.179.